The number of nitrogens with two attached hydrogens (primary N) is 1. The largest absolute Gasteiger partial charge is 0.330 e. The topological polar surface area (TPSA) is 75.4 Å². The molecule has 1 aliphatic heterocycles. The summed E-state index contributed by atoms with van der Waals surface area (Å²) in [4.78, 5) is 24.5. The summed E-state index contributed by atoms with van der Waals surface area (Å²) in [6.45, 7) is 4.81. The van der Waals surface area contributed by atoms with Crippen molar-refractivity contribution < 1.29 is 9.59 Å². The quantitative estimate of drug-likeness (QED) is 0.645. The molecule has 15 heavy (non-hydrogen) atoms. The van der Waals surface area contributed by atoms with E-state index in [1.54, 1.807) is 0 Å². The maximum Gasteiger partial charge on any atom is 0.324 e. The number of hydrogen-bond donors (Lipinski definition) is 2. The highest BCUT2D eigenvalue weighted by Gasteiger charge is 2.37. The van der Waals surface area contributed by atoms with Crippen LogP contribution in [-0.4, -0.2) is 36.0 Å². The Hall–Kier alpha value is -1.10. The number of nitrogens with one attached hydrogen (secondary N) is 1. The minimum absolute atomic E-state index is 0.109. The first kappa shape index (κ1) is 12.0. The first-order valence-corrected chi connectivity index (χ1v) is 5.42. The summed E-state index contributed by atoms with van der Waals surface area (Å²) in [7, 11) is 0. The fourth-order valence-electron chi connectivity index (χ4n) is 1.62. The molecule has 1 fully saturated rings. The summed E-state index contributed by atoms with van der Waals surface area (Å²) in [5.41, 5.74) is 5.46. The van der Waals surface area contributed by atoms with Gasteiger partial charge in [0, 0.05) is 6.54 Å². The number of rotatable bonds is 5. The van der Waals surface area contributed by atoms with Crippen molar-refractivity contribution in [1.29, 1.82) is 0 Å². The second-order valence-electron chi connectivity index (χ2n) is 4.08. The third-order valence-electron chi connectivity index (χ3n) is 2.58. The van der Waals surface area contributed by atoms with Crippen LogP contribution in [0.4, 0.5) is 4.79 Å². The van der Waals surface area contributed by atoms with Gasteiger partial charge in [0.1, 0.15) is 6.04 Å². The molecule has 0 aliphatic carbocycles. The molecule has 3 N–H and O–H groups in total. The normalized spacial score (nSPS) is 23.1. The van der Waals surface area contributed by atoms with Gasteiger partial charge in [-0.15, -0.1) is 0 Å². The predicted octanol–water partition coefficient (Wildman–Crippen LogP) is 0.302. The Kier molecular flexibility index (Phi) is 4.08. The van der Waals surface area contributed by atoms with E-state index in [0.717, 1.165) is 6.42 Å². The van der Waals surface area contributed by atoms with Crippen molar-refractivity contribution in [1.82, 2.24) is 10.2 Å². The van der Waals surface area contributed by atoms with Gasteiger partial charge in [0.05, 0.1) is 0 Å². The molecule has 1 aliphatic rings. The molecule has 1 saturated heterocycles. The third kappa shape index (κ3) is 2.68. The summed E-state index contributed by atoms with van der Waals surface area (Å²) in [6, 6.07) is -0.605. The Morgan fingerprint density at radius 1 is 1.53 bits per heavy atom. The highest BCUT2D eigenvalue weighted by atomic mass is 16.2. The van der Waals surface area contributed by atoms with Crippen molar-refractivity contribution in [2.75, 3.05) is 13.1 Å². The van der Waals surface area contributed by atoms with Gasteiger partial charge in [0.25, 0.3) is 5.91 Å². The maximum absolute atomic E-state index is 11.8. The highest BCUT2D eigenvalue weighted by molar-refractivity contribution is 6.04. The molecule has 86 valence electrons. The smallest absolute Gasteiger partial charge is 0.324 e. The van der Waals surface area contributed by atoms with E-state index >= 15 is 0 Å². The molecule has 0 aromatic rings. The van der Waals surface area contributed by atoms with Crippen LogP contribution in [0.3, 0.4) is 0 Å². The molecule has 1 heterocycles. The number of nitrogens with zero attached hydrogens (tertiary/aromatic N) is 1. The van der Waals surface area contributed by atoms with Crippen LogP contribution in [0.15, 0.2) is 0 Å². The Labute approximate surface area is 90.0 Å². The summed E-state index contributed by atoms with van der Waals surface area (Å²) < 4.78 is 0. The van der Waals surface area contributed by atoms with Gasteiger partial charge < -0.3 is 11.1 Å². The number of imide groups is 1. The SMILES string of the molecule is CCCC1NC(=O)N(CC(C)CN)C1=O. The van der Waals surface area contributed by atoms with E-state index in [4.69, 9.17) is 5.73 Å². The monoisotopic (exact) mass is 213 g/mol. The van der Waals surface area contributed by atoms with Crippen molar-refractivity contribution in [3.05, 3.63) is 0 Å². The number of hydrogen-bond acceptors (Lipinski definition) is 3. The maximum atomic E-state index is 11.8. The Morgan fingerprint density at radius 2 is 2.20 bits per heavy atom. The Balaban J connectivity index is 2.58. The van der Waals surface area contributed by atoms with E-state index in [1.165, 1.54) is 4.90 Å². The van der Waals surface area contributed by atoms with Crippen LogP contribution >= 0.6 is 0 Å². The van der Waals surface area contributed by atoms with Crippen LogP contribution in [0.2, 0.25) is 0 Å². The molecule has 0 spiro atoms. The van der Waals surface area contributed by atoms with Crippen LogP contribution in [0, 0.1) is 5.92 Å². The number of urea groups is 1. The van der Waals surface area contributed by atoms with E-state index in [9.17, 15) is 9.59 Å². The van der Waals surface area contributed by atoms with Gasteiger partial charge in [-0.2, -0.15) is 0 Å². The van der Waals surface area contributed by atoms with Gasteiger partial charge in [-0.3, -0.25) is 9.69 Å². The van der Waals surface area contributed by atoms with Crippen molar-refractivity contribution in [2.45, 2.75) is 32.7 Å². The standard InChI is InChI=1S/C10H19N3O2/c1-3-4-8-9(14)13(10(15)12-8)6-7(2)5-11/h7-8H,3-6,11H2,1-2H3,(H,12,15). The highest BCUT2D eigenvalue weighted by Crippen LogP contribution is 2.12. The predicted molar refractivity (Wildman–Crippen MR) is 57.2 cm³/mol. The first-order valence-electron chi connectivity index (χ1n) is 5.42. The van der Waals surface area contributed by atoms with E-state index in [-0.39, 0.29) is 23.9 Å². The van der Waals surface area contributed by atoms with E-state index < -0.39 is 0 Å². The van der Waals surface area contributed by atoms with Gasteiger partial charge >= 0.3 is 6.03 Å². The van der Waals surface area contributed by atoms with Crippen molar-refractivity contribution in [3.63, 3.8) is 0 Å². The molecule has 0 saturated carbocycles. The average molecular weight is 213 g/mol. The minimum Gasteiger partial charge on any atom is -0.330 e. The fraction of sp³-hybridized carbons (Fsp3) is 0.800. The average Bonchev–Trinajstić information content (AvgIpc) is 2.46. The molecule has 5 heteroatoms. The second-order valence-corrected chi connectivity index (χ2v) is 4.08. The lowest BCUT2D eigenvalue weighted by molar-refractivity contribution is -0.127. The molecule has 5 nitrogen and oxygen atoms in total. The molecule has 0 aromatic heterocycles. The van der Waals surface area contributed by atoms with Crippen LogP contribution < -0.4 is 11.1 Å². The Morgan fingerprint density at radius 3 is 2.73 bits per heavy atom. The summed E-state index contributed by atoms with van der Waals surface area (Å²) in [5, 5.41) is 2.68. The Bertz CT molecular complexity index is 255. The third-order valence-corrected chi connectivity index (χ3v) is 2.58. The van der Waals surface area contributed by atoms with Gasteiger partial charge in [0.15, 0.2) is 0 Å². The molecular formula is C10H19N3O2. The van der Waals surface area contributed by atoms with Crippen LogP contribution in [0.1, 0.15) is 26.7 Å². The molecule has 2 atom stereocenters. The molecule has 1 rings (SSSR count). The molecule has 2 unspecified atom stereocenters. The minimum atomic E-state index is -0.326. The number of carbonyl (C=O) groups excluding carboxylic acids is 2. The van der Waals surface area contributed by atoms with E-state index in [1.807, 2.05) is 13.8 Å². The van der Waals surface area contributed by atoms with Gasteiger partial charge in [-0.05, 0) is 18.9 Å². The zero-order valence-electron chi connectivity index (χ0n) is 9.32. The number of carbonyl (C=O) groups is 2. The molecular weight excluding hydrogens is 194 g/mol. The second kappa shape index (κ2) is 5.11. The van der Waals surface area contributed by atoms with Crippen molar-refractivity contribution >= 4 is 11.9 Å². The van der Waals surface area contributed by atoms with Gasteiger partial charge in [-0.25, -0.2) is 4.79 Å². The zero-order valence-corrected chi connectivity index (χ0v) is 9.32. The van der Waals surface area contributed by atoms with E-state index in [2.05, 4.69) is 5.32 Å². The molecule has 0 aromatic carbocycles. The summed E-state index contributed by atoms with van der Waals surface area (Å²) in [5.74, 6) is 0.0437. The van der Waals surface area contributed by atoms with Crippen LogP contribution in [0.5, 0.6) is 0 Å². The summed E-state index contributed by atoms with van der Waals surface area (Å²) >= 11 is 0. The molecule has 3 amide bonds. The molecule has 0 radical (unpaired) electrons. The van der Waals surface area contributed by atoms with Crippen LogP contribution in [-0.2, 0) is 4.79 Å². The fourth-order valence-corrected chi connectivity index (χ4v) is 1.62. The lowest BCUT2D eigenvalue weighted by Crippen LogP contribution is -2.37. The lowest BCUT2D eigenvalue weighted by atomic mass is 10.1. The van der Waals surface area contributed by atoms with Gasteiger partial charge in [-0.1, -0.05) is 20.3 Å². The summed E-state index contributed by atoms with van der Waals surface area (Å²) in [6.07, 6.45) is 1.59. The van der Waals surface area contributed by atoms with E-state index in [0.29, 0.717) is 19.5 Å². The first-order chi connectivity index (χ1) is 7.10. The zero-order chi connectivity index (χ0) is 11.4. The van der Waals surface area contributed by atoms with Gasteiger partial charge in [0.2, 0.25) is 0 Å². The van der Waals surface area contributed by atoms with Crippen molar-refractivity contribution in [3.8, 4) is 0 Å². The lowest BCUT2D eigenvalue weighted by Gasteiger charge is -2.16. The molecule has 0 bridgehead atoms. The van der Waals surface area contributed by atoms with Crippen molar-refractivity contribution in [2.24, 2.45) is 11.7 Å². The van der Waals surface area contributed by atoms with Crippen LogP contribution in [0.25, 0.3) is 0 Å². The number of amides is 3.